The lowest BCUT2D eigenvalue weighted by molar-refractivity contribution is 0.176. The monoisotopic (exact) mass is 328 g/mol. The van der Waals surface area contributed by atoms with Crippen molar-refractivity contribution in [3.05, 3.63) is 22.7 Å². The van der Waals surface area contributed by atoms with Crippen LogP contribution in [0.15, 0.2) is 22.7 Å². The number of nitrogens with zero attached hydrogens (tertiary/aromatic N) is 1. The molecule has 1 aromatic rings. The van der Waals surface area contributed by atoms with Gasteiger partial charge in [0.25, 0.3) is 0 Å². The molecule has 0 bridgehead atoms. The largest absolute Gasteiger partial charge is 0.492 e. The number of anilines is 1. The van der Waals surface area contributed by atoms with E-state index < -0.39 is 6.10 Å². The number of carbonyl (C=O) groups is 1. The number of nitrogens with one attached hydrogen (secondary N) is 1. The van der Waals surface area contributed by atoms with Crippen LogP contribution in [0, 0.1) is 0 Å². The van der Waals surface area contributed by atoms with Crippen molar-refractivity contribution in [1.29, 1.82) is 0 Å². The van der Waals surface area contributed by atoms with Crippen molar-refractivity contribution < 1.29 is 14.6 Å². The third-order valence-corrected chi connectivity index (χ3v) is 3.43. The van der Waals surface area contributed by atoms with Crippen LogP contribution in [0.5, 0.6) is 5.75 Å². The third-order valence-electron chi connectivity index (χ3n) is 2.94. The summed E-state index contributed by atoms with van der Waals surface area (Å²) in [6.45, 7) is 3.38. The highest BCUT2D eigenvalue weighted by Gasteiger charge is 2.25. The number of rotatable bonds is 3. The van der Waals surface area contributed by atoms with Crippen LogP contribution in [0.4, 0.5) is 10.5 Å². The molecule has 104 valence electrons. The number of carbonyl (C=O) groups excluding carboxylic acids is 1. The normalized spacial score (nSPS) is 18.5. The Morgan fingerprint density at radius 1 is 1.63 bits per heavy atom. The maximum absolute atomic E-state index is 12.0. The average Bonchev–Trinajstić information content (AvgIpc) is 2.80. The molecule has 19 heavy (non-hydrogen) atoms. The van der Waals surface area contributed by atoms with Gasteiger partial charge in [-0.05, 0) is 31.5 Å². The van der Waals surface area contributed by atoms with Gasteiger partial charge >= 0.3 is 6.03 Å². The fourth-order valence-electron chi connectivity index (χ4n) is 1.99. The molecule has 2 N–H and O–H groups in total. The van der Waals surface area contributed by atoms with Crippen molar-refractivity contribution in [3.63, 3.8) is 0 Å². The number of β-amino-alcohol motifs (C(OH)–C–C–N with tert-alkyl or cyclic N) is 1. The van der Waals surface area contributed by atoms with Crippen molar-refractivity contribution in [1.82, 2.24) is 4.90 Å². The zero-order valence-electron chi connectivity index (χ0n) is 10.7. The van der Waals surface area contributed by atoms with Gasteiger partial charge < -0.3 is 20.1 Å². The van der Waals surface area contributed by atoms with Gasteiger partial charge in [0.1, 0.15) is 5.75 Å². The fourth-order valence-corrected chi connectivity index (χ4v) is 2.33. The van der Waals surface area contributed by atoms with Crippen molar-refractivity contribution in [2.75, 3.05) is 25.0 Å². The third kappa shape index (κ3) is 3.61. The van der Waals surface area contributed by atoms with Crippen LogP contribution in [0.1, 0.15) is 13.3 Å². The second-order valence-corrected chi connectivity index (χ2v) is 5.31. The Bertz CT molecular complexity index is 467. The van der Waals surface area contributed by atoms with Gasteiger partial charge in [-0.3, -0.25) is 0 Å². The Hall–Kier alpha value is -1.27. The van der Waals surface area contributed by atoms with Crippen molar-refractivity contribution in [2.24, 2.45) is 0 Å². The summed E-state index contributed by atoms with van der Waals surface area (Å²) in [5, 5.41) is 12.3. The van der Waals surface area contributed by atoms with E-state index >= 15 is 0 Å². The van der Waals surface area contributed by atoms with Gasteiger partial charge in [-0.25, -0.2) is 4.79 Å². The smallest absolute Gasteiger partial charge is 0.322 e. The number of hydrogen-bond donors (Lipinski definition) is 2. The molecule has 1 aliphatic heterocycles. The summed E-state index contributed by atoms with van der Waals surface area (Å²) in [6.07, 6.45) is 0.216. The first-order valence-corrected chi connectivity index (χ1v) is 7.05. The number of amides is 2. The van der Waals surface area contributed by atoms with Gasteiger partial charge in [-0.1, -0.05) is 15.9 Å². The predicted octanol–water partition coefficient (Wildman–Crippen LogP) is 2.45. The summed E-state index contributed by atoms with van der Waals surface area (Å²) < 4.78 is 6.38. The van der Waals surface area contributed by atoms with E-state index in [4.69, 9.17) is 4.74 Å². The number of likely N-dealkylation sites (tertiary alicyclic amines) is 1. The number of aliphatic hydroxyl groups excluding tert-OH is 1. The molecule has 1 heterocycles. The maximum atomic E-state index is 12.0. The number of ether oxygens (including phenoxy) is 1. The van der Waals surface area contributed by atoms with E-state index in [1.807, 2.05) is 19.1 Å². The first kappa shape index (κ1) is 14.1. The minimum atomic E-state index is -0.415. The Labute approximate surface area is 120 Å². The van der Waals surface area contributed by atoms with E-state index in [1.54, 1.807) is 11.0 Å². The van der Waals surface area contributed by atoms with E-state index in [1.165, 1.54) is 0 Å². The topological polar surface area (TPSA) is 61.8 Å². The molecule has 1 aliphatic rings. The molecule has 0 radical (unpaired) electrons. The number of benzene rings is 1. The van der Waals surface area contributed by atoms with Crippen LogP contribution in [0.2, 0.25) is 0 Å². The molecule has 0 spiro atoms. The second kappa shape index (κ2) is 6.25. The van der Waals surface area contributed by atoms with Crippen LogP contribution in [0.25, 0.3) is 0 Å². The van der Waals surface area contributed by atoms with Gasteiger partial charge in [-0.2, -0.15) is 0 Å². The zero-order valence-corrected chi connectivity index (χ0v) is 12.3. The summed E-state index contributed by atoms with van der Waals surface area (Å²) in [5.41, 5.74) is 0.636. The number of hydrogen-bond acceptors (Lipinski definition) is 3. The highest BCUT2D eigenvalue weighted by Crippen LogP contribution is 2.29. The molecular weight excluding hydrogens is 312 g/mol. The van der Waals surface area contributed by atoms with Crippen molar-refractivity contribution >= 4 is 27.6 Å². The zero-order chi connectivity index (χ0) is 13.8. The van der Waals surface area contributed by atoms with E-state index in [2.05, 4.69) is 21.2 Å². The SMILES string of the molecule is CCOc1cc(Br)ccc1NC(=O)N1CCC(O)C1. The van der Waals surface area contributed by atoms with Crippen LogP contribution in [-0.4, -0.2) is 41.8 Å². The lowest BCUT2D eigenvalue weighted by Crippen LogP contribution is -2.33. The Kier molecular flexibility index (Phi) is 4.66. The molecule has 1 unspecified atom stereocenters. The standard InChI is InChI=1S/C13H17BrN2O3/c1-2-19-12-7-9(14)3-4-11(12)15-13(18)16-6-5-10(17)8-16/h3-4,7,10,17H,2,5-6,8H2,1H3,(H,15,18). The summed E-state index contributed by atoms with van der Waals surface area (Å²) in [5.74, 6) is 0.630. The molecule has 5 nitrogen and oxygen atoms in total. The lowest BCUT2D eigenvalue weighted by atomic mass is 10.3. The number of aliphatic hydroxyl groups is 1. The molecule has 0 aliphatic carbocycles. The van der Waals surface area contributed by atoms with Crippen LogP contribution >= 0.6 is 15.9 Å². The highest BCUT2D eigenvalue weighted by molar-refractivity contribution is 9.10. The summed E-state index contributed by atoms with van der Waals surface area (Å²) in [6, 6.07) is 5.24. The minimum absolute atomic E-state index is 0.208. The molecule has 0 saturated carbocycles. The summed E-state index contributed by atoms with van der Waals surface area (Å²) >= 11 is 3.37. The van der Waals surface area contributed by atoms with Crippen LogP contribution in [-0.2, 0) is 0 Å². The van der Waals surface area contributed by atoms with E-state index in [0.29, 0.717) is 37.6 Å². The average molecular weight is 329 g/mol. The van der Waals surface area contributed by atoms with Crippen LogP contribution < -0.4 is 10.1 Å². The Morgan fingerprint density at radius 2 is 2.42 bits per heavy atom. The maximum Gasteiger partial charge on any atom is 0.322 e. The number of halogens is 1. The van der Waals surface area contributed by atoms with E-state index in [9.17, 15) is 9.90 Å². The first-order valence-electron chi connectivity index (χ1n) is 6.26. The summed E-state index contributed by atoms with van der Waals surface area (Å²) in [4.78, 5) is 13.6. The molecule has 0 aromatic heterocycles. The summed E-state index contributed by atoms with van der Waals surface area (Å²) in [7, 11) is 0. The van der Waals surface area contributed by atoms with Crippen molar-refractivity contribution in [3.8, 4) is 5.75 Å². The van der Waals surface area contributed by atoms with Gasteiger partial charge in [0.05, 0.1) is 18.4 Å². The number of urea groups is 1. The second-order valence-electron chi connectivity index (χ2n) is 4.39. The van der Waals surface area contributed by atoms with E-state index in [-0.39, 0.29) is 6.03 Å². The van der Waals surface area contributed by atoms with E-state index in [0.717, 1.165) is 4.47 Å². The predicted molar refractivity (Wildman–Crippen MR) is 76.5 cm³/mol. The molecule has 1 saturated heterocycles. The van der Waals surface area contributed by atoms with Gasteiger partial charge in [0.15, 0.2) is 0 Å². The lowest BCUT2D eigenvalue weighted by Gasteiger charge is -2.18. The molecule has 6 heteroatoms. The first-order chi connectivity index (χ1) is 9.10. The molecule has 1 fully saturated rings. The molecule has 2 amide bonds. The van der Waals surface area contributed by atoms with Crippen LogP contribution in [0.3, 0.4) is 0 Å². The molecule has 1 aromatic carbocycles. The minimum Gasteiger partial charge on any atom is -0.492 e. The molecule has 1 atom stereocenters. The molecular formula is C13H17BrN2O3. The van der Waals surface area contributed by atoms with Gasteiger partial charge in [0, 0.05) is 17.6 Å². The fraction of sp³-hybridized carbons (Fsp3) is 0.462. The van der Waals surface area contributed by atoms with Gasteiger partial charge in [-0.15, -0.1) is 0 Å². The van der Waals surface area contributed by atoms with Gasteiger partial charge in [0.2, 0.25) is 0 Å². The highest BCUT2D eigenvalue weighted by atomic mass is 79.9. The Morgan fingerprint density at radius 3 is 3.05 bits per heavy atom. The molecule has 2 rings (SSSR count). The Balaban J connectivity index is 2.07. The van der Waals surface area contributed by atoms with Crippen molar-refractivity contribution in [2.45, 2.75) is 19.4 Å². The quantitative estimate of drug-likeness (QED) is 0.895.